The number of hydrogen-bond acceptors (Lipinski definition) is 4. The molecule has 100 valence electrons. The Bertz CT molecular complexity index is 395. The van der Waals surface area contributed by atoms with Crippen molar-refractivity contribution in [2.45, 2.75) is 12.8 Å². The molecule has 0 bridgehead atoms. The number of aliphatic hydroxyl groups excluding tert-OH is 1. The van der Waals surface area contributed by atoms with Gasteiger partial charge in [0.05, 0.1) is 6.61 Å². The summed E-state index contributed by atoms with van der Waals surface area (Å²) in [5.41, 5.74) is 2.01. The van der Waals surface area contributed by atoms with Crippen LogP contribution in [0.4, 0.5) is 5.69 Å². The average molecular weight is 251 g/mol. The summed E-state index contributed by atoms with van der Waals surface area (Å²) in [5, 5.41) is 18.7. The first kappa shape index (κ1) is 13.2. The largest absolute Gasteiger partial charge is 0.508 e. The summed E-state index contributed by atoms with van der Waals surface area (Å²) in [7, 11) is 1.73. The lowest BCUT2D eigenvalue weighted by Crippen LogP contribution is -2.21. The van der Waals surface area contributed by atoms with Gasteiger partial charge in [0.1, 0.15) is 5.75 Å². The number of rotatable bonds is 5. The number of phenols is 1. The monoisotopic (exact) mass is 251 g/mol. The molecule has 2 N–H and O–H groups in total. The van der Waals surface area contributed by atoms with Crippen molar-refractivity contribution in [1.82, 2.24) is 0 Å². The van der Waals surface area contributed by atoms with E-state index < -0.39 is 0 Å². The third-order valence-electron chi connectivity index (χ3n) is 3.42. The van der Waals surface area contributed by atoms with Gasteiger partial charge in [-0.3, -0.25) is 0 Å². The van der Waals surface area contributed by atoms with E-state index in [2.05, 4.69) is 4.90 Å². The molecule has 0 radical (unpaired) electrons. The molecule has 0 amide bonds. The second-order valence-corrected chi connectivity index (χ2v) is 4.89. The van der Waals surface area contributed by atoms with E-state index in [0.717, 1.165) is 37.4 Å². The zero-order valence-electron chi connectivity index (χ0n) is 10.8. The van der Waals surface area contributed by atoms with Crippen LogP contribution in [0.25, 0.3) is 0 Å². The molecule has 0 aromatic heterocycles. The Morgan fingerprint density at radius 3 is 2.94 bits per heavy atom. The van der Waals surface area contributed by atoms with E-state index >= 15 is 0 Å². The number of methoxy groups -OCH3 is 1. The quantitative estimate of drug-likeness (QED) is 0.830. The first-order valence-electron chi connectivity index (χ1n) is 6.40. The van der Waals surface area contributed by atoms with Crippen LogP contribution in [0.2, 0.25) is 0 Å². The zero-order valence-corrected chi connectivity index (χ0v) is 10.8. The molecular formula is C14H21NO3. The van der Waals surface area contributed by atoms with Gasteiger partial charge in [-0.2, -0.15) is 0 Å². The lowest BCUT2D eigenvalue weighted by atomic mass is 10.1. The van der Waals surface area contributed by atoms with Crippen molar-refractivity contribution in [2.75, 3.05) is 38.3 Å². The Kier molecular flexibility index (Phi) is 4.44. The second kappa shape index (κ2) is 6.07. The van der Waals surface area contributed by atoms with Gasteiger partial charge in [0.2, 0.25) is 0 Å². The summed E-state index contributed by atoms with van der Waals surface area (Å²) in [6, 6.07) is 5.55. The molecule has 0 saturated carbocycles. The Morgan fingerprint density at radius 2 is 2.22 bits per heavy atom. The molecule has 2 rings (SSSR count). The molecule has 1 aliphatic heterocycles. The van der Waals surface area contributed by atoms with Gasteiger partial charge < -0.3 is 19.8 Å². The molecule has 4 heteroatoms. The van der Waals surface area contributed by atoms with Crippen LogP contribution in [0.15, 0.2) is 18.2 Å². The smallest absolute Gasteiger partial charge is 0.117 e. The SMILES string of the molecule is COCC1CCN(c2cc(O)cc(CCO)c2)C1. The molecule has 1 atom stereocenters. The summed E-state index contributed by atoms with van der Waals surface area (Å²) in [6.07, 6.45) is 1.70. The molecule has 1 saturated heterocycles. The van der Waals surface area contributed by atoms with Crippen molar-refractivity contribution in [3.8, 4) is 5.75 Å². The predicted octanol–water partition coefficient (Wildman–Crippen LogP) is 1.40. The van der Waals surface area contributed by atoms with Crippen LogP contribution in [0.1, 0.15) is 12.0 Å². The normalized spacial score (nSPS) is 19.4. The van der Waals surface area contributed by atoms with E-state index in [1.54, 1.807) is 19.2 Å². The van der Waals surface area contributed by atoms with Crippen LogP contribution >= 0.6 is 0 Å². The van der Waals surface area contributed by atoms with Crippen molar-refractivity contribution in [3.63, 3.8) is 0 Å². The van der Waals surface area contributed by atoms with Gasteiger partial charge >= 0.3 is 0 Å². The zero-order chi connectivity index (χ0) is 13.0. The first-order valence-corrected chi connectivity index (χ1v) is 6.40. The number of anilines is 1. The van der Waals surface area contributed by atoms with Crippen molar-refractivity contribution >= 4 is 5.69 Å². The Hall–Kier alpha value is -1.26. The van der Waals surface area contributed by atoms with Crippen molar-refractivity contribution < 1.29 is 14.9 Å². The molecule has 1 aliphatic rings. The first-order chi connectivity index (χ1) is 8.72. The maximum atomic E-state index is 9.72. The van der Waals surface area contributed by atoms with E-state index in [-0.39, 0.29) is 12.4 Å². The Morgan fingerprint density at radius 1 is 1.39 bits per heavy atom. The van der Waals surface area contributed by atoms with Crippen LogP contribution in [-0.2, 0) is 11.2 Å². The Balaban J connectivity index is 2.08. The lowest BCUT2D eigenvalue weighted by molar-refractivity contribution is 0.161. The van der Waals surface area contributed by atoms with E-state index in [1.807, 2.05) is 6.07 Å². The fourth-order valence-corrected chi connectivity index (χ4v) is 2.55. The molecule has 1 aromatic carbocycles. The molecular weight excluding hydrogens is 230 g/mol. The second-order valence-electron chi connectivity index (χ2n) is 4.89. The standard InChI is InChI=1S/C14H21NO3/c1-18-10-12-2-4-15(9-12)13-6-11(3-5-16)7-14(17)8-13/h6-8,12,16-17H,2-5,9-10H2,1H3. The molecule has 1 unspecified atom stereocenters. The van der Waals surface area contributed by atoms with Gasteiger partial charge in [-0.1, -0.05) is 0 Å². The number of ether oxygens (including phenoxy) is 1. The number of aliphatic hydroxyl groups is 1. The van der Waals surface area contributed by atoms with Crippen LogP contribution in [0.5, 0.6) is 5.75 Å². The van der Waals surface area contributed by atoms with E-state index in [0.29, 0.717) is 12.3 Å². The summed E-state index contributed by atoms with van der Waals surface area (Å²) < 4.78 is 5.19. The fourth-order valence-electron chi connectivity index (χ4n) is 2.55. The predicted molar refractivity (Wildman–Crippen MR) is 71.1 cm³/mol. The van der Waals surface area contributed by atoms with E-state index in [4.69, 9.17) is 9.84 Å². The number of hydrogen-bond donors (Lipinski definition) is 2. The van der Waals surface area contributed by atoms with Gasteiger partial charge in [-0.25, -0.2) is 0 Å². The highest BCUT2D eigenvalue weighted by atomic mass is 16.5. The number of benzene rings is 1. The fraction of sp³-hybridized carbons (Fsp3) is 0.571. The number of phenolic OH excluding ortho intramolecular Hbond substituents is 1. The third-order valence-corrected chi connectivity index (χ3v) is 3.42. The maximum absolute atomic E-state index is 9.72. The van der Waals surface area contributed by atoms with Gasteiger partial charge in [-0.15, -0.1) is 0 Å². The van der Waals surface area contributed by atoms with Crippen molar-refractivity contribution in [3.05, 3.63) is 23.8 Å². The van der Waals surface area contributed by atoms with Crippen LogP contribution in [-0.4, -0.2) is 43.6 Å². The molecule has 1 aromatic rings. The summed E-state index contributed by atoms with van der Waals surface area (Å²) >= 11 is 0. The summed E-state index contributed by atoms with van der Waals surface area (Å²) in [6.45, 7) is 2.86. The summed E-state index contributed by atoms with van der Waals surface area (Å²) in [4.78, 5) is 2.27. The van der Waals surface area contributed by atoms with Crippen molar-refractivity contribution in [1.29, 1.82) is 0 Å². The Labute approximate surface area is 108 Å². The highest BCUT2D eigenvalue weighted by Crippen LogP contribution is 2.28. The molecule has 18 heavy (non-hydrogen) atoms. The molecule has 0 spiro atoms. The lowest BCUT2D eigenvalue weighted by Gasteiger charge is -2.20. The minimum absolute atomic E-state index is 0.106. The maximum Gasteiger partial charge on any atom is 0.117 e. The van der Waals surface area contributed by atoms with E-state index in [9.17, 15) is 5.11 Å². The highest BCUT2D eigenvalue weighted by Gasteiger charge is 2.22. The van der Waals surface area contributed by atoms with E-state index in [1.165, 1.54) is 0 Å². The topological polar surface area (TPSA) is 52.9 Å². The molecule has 1 fully saturated rings. The minimum atomic E-state index is 0.106. The third kappa shape index (κ3) is 3.15. The van der Waals surface area contributed by atoms with Crippen LogP contribution in [0.3, 0.4) is 0 Å². The molecule has 0 aliphatic carbocycles. The minimum Gasteiger partial charge on any atom is -0.508 e. The van der Waals surface area contributed by atoms with Gasteiger partial charge in [0.15, 0.2) is 0 Å². The molecule has 1 heterocycles. The van der Waals surface area contributed by atoms with Gasteiger partial charge in [-0.05, 0) is 30.5 Å². The number of nitrogens with zero attached hydrogens (tertiary/aromatic N) is 1. The van der Waals surface area contributed by atoms with Crippen LogP contribution in [0, 0.1) is 5.92 Å². The summed E-state index contributed by atoms with van der Waals surface area (Å²) in [5.74, 6) is 0.838. The van der Waals surface area contributed by atoms with Gasteiger partial charge in [0.25, 0.3) is 0 Å². The molecule has 4 nitrogen and oxygen atoms in total. The highest BCUT2D eigenvalue weighted by molar-refractivity contribution is 5.54. The van der Waals surface area contributed by atoms with Crippen LogP contribution < -0.4 is 4.90 Å². The van der Waals surface area contributed by atoms with Gasteiger partial charge in [0, 0.05) is 44.5 Å². The van der Waals surface area contributed by atoms with Crippen molar-refractivity contribution in [2.24, 2.45) is 5.92 Å². The number of aromatic hydroxyl groups is 1. The average Bonchev–Trinajstić information content (AvgIpc) is 2.78.